The topological polar surface area (TPSA) is 53.2 Å². The van der Waals surface area contributed by atoms with Crippen LogP contribution in [0.3, 0.4) is 0 Å². The van der Waals surface area contributed by atoms with Crippen molar-refractivity contribution in [2.45, 2.75) is 46.0 Å². The molecule has 1 aliphatic heterocycles. The van der Waals surface area contributed by atoms with Gasteiger partial charge in [-0.25, -0.2) is 4.99 Å². The van der Waals surface area contributed by atoms with Crippen molar-refractivity contribution >= 4 is 11.8 Å². The number of H-pyrrole nitrogens is 2. The van der Waals surface area contributed by atoms with Gasteiger partial charge in [0.15, 0.2) is 0 Å². The number of allylic oxidation sites excluding steroid dienone is 1. The van der Waals surface area contributed by atoms with Gasteiger partial charge in [0.1, 0.15) is 11.5 Å². The largest absolute Gasteiger partial charge is 0.494 e. The number of hydrogen-bond donors (Lipinski definition) is 2. The van der Waals surface area contributed by atoms with Gasteiger partial charge in [-0.2, -0.15) is 0 Å². The number of aromatic amines is 2. The van der Waals surface area contributed by atoms with Crippen LogP contribution in [0.4, 0.5) is 0 Å². The van der Waals surface area contributed by atoms with Crippen LogP contribution in [-0.2, 0) is 11.2 Å². The molecule has 2 aromatic heterocycles. The van der Waals surface area contributed by atoms with Crippen LogP contribution < -0.4 is 0 Å². The quantitative estimate of drug-likeness (QED) is 0.643. The van der Waals surface area contributed by atoms with Gasteiger partial charge in [0.25, 0.3) is 0 Å². The second-order valence-corrected chi connectivity index (χ2v) is 6.53. The lowest BCUT2D eigenvalue weighted by atomic mass is 10.1. The van der Waals surface area contributed by atoms with Crippen LogP contribution in [0.5, 0.6) is 0 Å². The summed E-state index contributed by atoms with van der Waals surface area (Å²) < 4.78 is 5.51. The third-order valence-electron chi connectivity index (χ3n) is 4.55. The molecular formula is C21H27N3O. The lowest BCUT2D eigenvalue weighted by Gasteiger charge is -2.01. The fraction of sp³-hybridized carbons (Fsp3) is 0.381. The Hall–Kier alpha value is -2.49. The lowest BCUT2D eigenvalue weighted by Crippen LogP contribution is -1.93. The highest BCUT2D eigenvalue weighted by Crippen LogP contribution is 2.26. The molecule has 0 spiro atoms. The first-order valence-electron chi connectivity index (χ1n) is 9.10. The first-order valence-corrected chi connectivity index (χ1v) is 9.10. The zero-order valence-corrected chi connectivity index (χ0v) is 15.4. The van der Waals surface area contributed by atoms with Crippen LogP contribution >= 0.6 is 0 Å². The summed E-state index contributed by atoms with van der Waals surface area (Å²) in [6.07, 6.45) is 12.2. The van der Waals surface area contributed by atoms with Crippen LogP contribution in [0.2, 0.25) is 0 Å². The van der Waals surface area contributed by atoms with Gasteiger partial charge in [0, 0.05) is 23.7 Å². The Morgan fingerprint density at radius 2 is 2.12 bits per heavy atom. The maximum Gasteiger partial charge on any atom is 0.146 e. The summed E-state index contributed by atoms with van der Waals surface area (Å²) in [6, 6.07) is 6.23. The molecule has 3 rings (SSSR count). The molecule has 0 fully saturated rings. The predicted molar refractivity (Wildman–Crippen MR) is 104 cm³/mol. The van der Waals surface area contributed by atoms with Gasteiger partial charge in [-0.3, -0.25) is 0 Å². The van der Waals surface area contributed by atoms with E-state index in [1.807, 2.05) is 24.4 Å². The molecule has 2 aromatic rings. The molecule has 0 saturated heterocycles. The van der Waals surface area contributed by atoms with Crippen LogP contribution in [0, 0.1) is 6.92 Å². The Labute approximate surface area is 149 Å². The number of nitrogens with zero attached hydrogens (tertiary/aromatic N) is 1. The Morgan fingerprint density at radius 3 is 2.84 bits per heavy atom. The van der Waals surface area contributed by atoms with Crippen molar-refractivity contribution in [3.63, 3.8) is 0 Å². The minimum absolute atomic E-state index is 0.795. The molecule has 0 aliphatic carbocycles. The molecule has 132 valence electrons. The Kier molecular flexibility index (Phi) is 5.59. The molecule has 0 atom stereocenters. The number of rotatable bonds is 8. The fourth-order valence-electron chi connectivity index (χ4n) is 3.12. The maximum absolute atomic E-state index is 5.51. The number of aliphatic imine (C=N–C) groups is 1. The first-order chi connectivity index (χ1) is 12.2. The minimum Gasteiger partial charge on any atom is -0.494 e. The van der Waals surface area contributed by atoms with Gasteiger partial charge in [-0.15, -0.1) is 0 Å². The van der Waals surface area contributed by atoms with Crippen molar-refractivity contribution < 1.29 is 4.74 Å². The van der Waals surface area contributed by atoms with E-state index in [9.17, 15) is 0 Å². The highest BCUT2D eigenvalue weighted by Gasteiger charge is 2.17. The van der Waals surface area contributed by atoms with E-state index in [-0.39, 0.29) is 0 Å². The zero-order chi connectivity index (χ0) is 17.6. The number of aromatic nitrogens is 2. The zero-order valence-electron chi connectivity index (χ0n) is 15.4. The molecule has 2 N–H and O–H groups in total. The van der Waals surface area contributed by atoms with Crippen molar-refractivity contribution in [1.82, 2.24) is 9.97 Å². The minimum atomic E-state index is 0.795. The predicted octanol–water partition coefficient (Wildman–Crippen LogP) is 5.15. The molecule has 4 heteroatoms. The SMILES string of the molecule is CCCCCCc1cc(C)c(/C=C2\N=C(c3ccc[nH]3)C=C2OC)[nH]1. The van der Waals surface area contributed by atoms with Crippen LogP contribution in [0.1, 0.15) is 55.3 Å². The van der Waals surface area contributed by atoms with Crippen LogP contribution in [-0.4, -0.2) is 22.8 Å². The van der Waals surface area contributed by atoms with Gasteiger partial charge in [-0.05, 0) is 49.6 Å². The van der Waals surface area contributed by atoms with E-state index in [1.54, 1.807) is 7.11 Å². The van der Waals surface area contributed by atoms with Crippen molar-refractivity contribution in [2.75, 3.05) is 7.11 Å². The standard InChI is InChI=1S/C21H27N3O/c1-4-5-6-7-9-16-12-15(2)18(23-16)13-20-21(25-3)14-19(24-20)17-10-8-11-22-17/h8,10-14,22-23H,4-7,9H2,1-3H3/b20-13-. The molecule has 0 bridgehead atoms. The second-order valence-electron chi connectivity index (χ2n) is 6.53. The monoisotopic (exact) mass is 337 g/mol. The van der Waals surface area contributed by atoms with Gasteiger partial charge in [0.05, 0.1) is 18.5 Å². The first kappa shape index (κ1) is 17.3. The average Bonchev–Trinajstić information content (AvgIpc) is 3.32. The second kappa shape index (κ2) is 8.06. The summed E-state index contributed by atoms with van der Waals surface area (Å²) >= 11 is 0. The molecule has 0 radical (unpaired) electrons. The summed E-state index contributed by atoms with van der Waals surface area (Å²) in [5, 5.41) is 0. The number of ether oxygens (including phenoxy) is 1. The van der Waals surface area contributed by atoms with Crippen molar-refractivity contribution in [1.29, 1.82) is 0 Å². The Bertz CT molecular complexity index is 791. The van der Waals surface area contributed by atoms with E-state index in [0.29, 0.717) is 0 Å². The third kappa shape index (κ3) is 4.13. The Morgan fingerprint density at radius 1 is 1.24 bits per heavy atom. The van der Waals surface area contributed by atoms with E-state index in [4.69, 9.17) is 9.73 Å². The fourth-order valence-corrected chi connectivity index (χ4v) is 3.12. The summed E-state index contributed by atoms with van der Waals surface area (Å²) in [7, 11) is 1.69. The van der Waals surface area contributed by atoms with E-state index >= 15 is 0 Å². The van der Waals surface area contributed by atoms with Gasteiger partial charge in [0.2, 0.25) is 0 Å². The molecule has 4 nitrogen and oxygen atoms in total. The van der Waals surface area contributed by atoms with Crippen molar-refractivity contribution in [3.05, 3.63) is 64.6 Å². The molecule has 1 aliphatic rings. The number of methoxy groups -OCH3 is 1. The van der Waals surface area contributed by atoms with Crippen LogP contribution in [0.15, 0.2) is 46.9 Å². The molecular weight excluding hydrogens is 310 g/mol. The van der Waals surface area contributed by atoms with Gasteiger partial charge in [-0.1, -0.05) is 26.2 Å². The van der Waals surface area contributed by atoms with E-state index in [2.05, 4.69) is 36.0 Å². The molecule has 3 heterocycles. The number of aryl methyl sites for hydroxylation is 2. The highest BCUT2D eigenvalue weighted by atomic mass is 16.5. The van der Waals surface area contributed by atoms with E-state index in [1.165, 1.54) is 36.9 Å². The van der Waals surface area contributed by atoms with Crippen molar-refractivity contribution in [3.8, 4) is 0 Å². The molecule has 25 heavy (non-hydrogen) atoms. The van der Waals surface area contributed by atoms with Gasteiger partial charge < -0.3 is 14.7 Å². The normalized spacial score (nSPS) is 15.6. The van der Waals surface area contributed by atoms with Gasteiger partial charge >= 0.3 is 0 Å². The van der Waals surface area contributed by atoms with Crippen molar-refractivity contribution in [2.24, 2.45) is 4.99 Å². The number of unbranched alkanes of at least 4 members (excludes halogenated alkanes) is 3. The lowest BCUT2D eigenvalue weighted by molar-refractivity contribution is 0.303. The summed E-state index contributed by atoms with van der Waals surface area (Å²) in [4.78, 5) is 11.5. The third-order valence-corrected chi connectivity index (χ3v) is 4.55. The smallest absolute Gasteiger partial charge is 0.146 e. The summed E-state index contributed by atoms with van der Waals surface area (Å²) in [5.41, 5.74) is 6.41. The summed E-state index contributed by atoms with van der Waals surface area (Å²) in [6.45, 7) is 4.38. The highest BCUT2D eigenvalue weighted by molar-refractivity contribution is 6.11. The molecule has 0 amide bonds. The summed E-state index contributed by atoms with van der Waals surface area (Å²) in [5.74, 6) is 0.795. The van der Waals surface area contributed by atoms with E-state index < -0.39 is 0 Å². The molecule has 0 unspecified atom stereocenters. The average molecular weight is 337 g/mol. The van der Waals surface area contributed by atoms with Crippen LogP contribution in [0.25, 0.3) is 6.08 Å². The maximum atomic E-state index is 5.51. The van der Waals surface area contributed by atoms with E-state index in [0.717, 1.165) is 35.0 Å². The number of hydrogen-bond acceptors (Lipinski definition) is 2. The molecule has 0 saturated carbocycles. The molecule has 0 aromatic carbocycles. The Balaban J connectivity index is 1.78. The number of nitrogens with one attached hydrogen (secondary N) is 2.